The molecule has 4 aliphatic rings. The first-order valence-electron chi connectivity index (χ1n) is 20.4. The van der Waals surface area contributed by atoms with Crippen LogP contribution in [0.15, 0.2) is 146 Å². The van der Waals surface area contributed by atoms with Crippen molar-refractivity contribution in [3.05, 3.63) is 199 Å². The molecule has 0 radical (unpaired) electrons. The van der Waals surface area contributed by atoms with Crippen molar-refractivity contribution in [1.29, 1.82) is 0 Å². The highest BCUT2D eigenvalue weighted by Crippen LogP contribution is 2.59. The number of benzene rings is 6. The van der Waals surface area contributed by atoms with Crippen LogP contribution in [0.5, 0.6) is 11.5 Å². The second-order valence-corrected chi connectivity index (χ2v) is 17.8. The molecule has 6 aromatic rings. The number of carbonyl (C=O) groups excluding carboxylic acids is 4. The van der Waals surface area contributed by atoms with Crippen LogP contribution in [0.3, 0.4) is 0 Å². The van der Waals surface area contributed by atoms with Gasteiger partial charge in [-0.25, -0.2) is 0 Å². The Hall–Kier alpha value is -6.16. The average molecular weight is 929 g/mol. The zero-order valence-corrected chi connectivity index (χ0v) is 37.4. The molecule has 0 fully saturated rings. The first-order valence-corrected chi connectivity index (χ1v) is 21.9. The quantitative estimate of drug-likeness (QED) is 0.172. The number of halogens is 4. The number of allylic oxidation sites excluding steroid dienone is 2. The highest BCUT2D eigenvalue weighted by atomic mass is 35.5. The van der Waals surface area contributed by atoms with Crippen molar-refractivity contribution in [2.75, 3.05) is 24.9 Å². The number of hydrogen-bond donors (Lipinski definition) is 2. The lowest BCUT2D eigenvalue weighted by Crippen LogP contribution is -2.45. The molecule has 0 aromatic heterocycles. The Balaban J connectivity index is 0.000000162. The van der Waals surface area contributed by atoms with Gasteiger partial charge < -0.3 is 20.1 Å². The third-order valence-corrected chi connectivity index (χ3v) is 13.6. The first kappa shape index (κ1) is 43.1. The lowest BCUT2D eigenvalue weighted by Gasteiger charge is -2.41. The molecule has 8 nitrogen and oxygen atoms in total. The van der Waals surface area contributed by atoms with Crippen molar-refractivity contribution < 1.29 is 28.7 Å². The number of carbonyl (C=O) groups is 4. The number of fused-ring (bicyclic) bond motifs is 4. The predicted molar refractivity (Wildman–Crippen MR) is 253 cm³/mol. The van der Waals surface area contributed by atoms with Crippen LogP contribution in [-0.2, 0) is 30.0 Å². The van der Waals surface area contributed by atoms with E-state index in [4.69, 9.17) is 55.9 Å². The average Bonchev–Trinajstić information content (AvgIpc) is 3.72. The number of ketones is 2. The second-order valence-electron chi connectivity index (χ2n) is 16.1. The summed E-state index contributed by atoms with van der Waals surface area (Å²) in [7, 11) is 3.19. The lowest BCUT2D eigenvalue weighted by molar-refractivity contribution is -0.122. The van der Waals surface area contributed by atoms with Gasteiger partial charge in [0.2, 0.25) is 11.8 Å². The summed E-state index contributed by atoms with van der Waals surface area (Å²) in [6, 6.07) is 40.2. The Bertz CT molecular complexity index is 2970. The van der Waals surface area contributed by atoms with Gasteiger partial charge in [-0.05, 0) is 118 Å². The van der Waals surface area contributed by atoms with Gasteiger partial charge in [0.05, 0.1) is 14.2 Å². The maximum absolute atomic E-state index is 13.8. The van der Waals surface area contributed by atoms with Crippen molar-refractivity contribution >= 4 is 92.3 Å². The number of rotatable bonds is 6. The minimum absolute atomic E-state index is 0.0269. The summed E-state index contributed by atoms with van der Waals surface area (Å²) in [4.78, 5) is 53.8. The van der Waals surface area contributed by atoms with Crippen LogP contribution in [0.4, 0.5) is 11.4 Å². The Kier molecular flexibility index (Phi) is 11.5. The number of ether oxygens (including phenoxy) is 2. The number of amides is 2. The topological polar surface area (TPSA) is 111 Å². The molecule has 12 heteroatoms. The zero-order valence-electron chi connectivity index (χ0n) is 34.4. The number of anilines is 2. The van der Waals surface area contributed by atoms with Gasteiger partial charge in [-0.3, -0.25) is 19.2 Å². The Labute approximate surface area is 389 Å². The van der Waals surface area contributed by atoms with Crippen LogP contribution in [-0.4, -0.2) is 37.6 Å². The van der Waals surface area contributed by atoms with Crippen molar-refractivity contribution in [1.82, 2.24) is 0 Å². The Morgan fingerprint density at radius 1 is 0.547 bits per heavy atom. The largest absolute Gasteiger partial charge is 0.497 e. The summed E-state index contributed by atoms with van der Waals surface area (Å²) in [6.45, 7) is 0. The fraction of sp³-hybridized carbons (Fsp3) is 0.154. The van der Waals surface area contributed by atoms with Gasteiger partial charge in [-0.15, -0.1) is 0 Å². The molecule has 2 N–H and O–H groups in total. The molecule has 6 aromatic carbocycles. The summed E-state index contributed by atoms with van der Waals surface area (Å²) < 4.78 is 10.5. The van der Waals surface area contributed by atoms with Crippen LogP contribution in [0.25, 0.3) is 11.1 Å². The maximum Gasteiger partial charge on any atom is 0.240 e. The van der Waals surface area contributed by atoms with Gasteiger partial charge in [0, 0.05) is 61.7 Å². The summed E-state index contributed by atoms with van der Waals surface area (Å²) >= 11 is 25.0. The van der Waals surface area contributed by atoms with Crippen molar-refractivity contribution in [3.63, 3.8) is 0 Å². The molecule has 10 rings (SSSR count). The van der Waals surface area contributed by atoms with Crippen molar-refractivity contribution in [2.24, 2.45) is 0 Å². The van der Waals surface area contributed by atoms with Crippen molar-refractivity contribution in [2.45, 2.75) is 35.5 Å². The van der Waals surface area contributed by atoms with Gasteiger partial charge in [-0.1, -0.05) is 113 Å². The second kappa shape index (κ2) is 17.1. The van der Waals surface area contributed by atoms with E-state index in [0.29, 0.717) is 54.1 Å². The highest BCUT2D eigenvalue weighted by Gasteiger charge is 2.58. The first-order chi connectivity index (χ1) is 30.8. The number of hydrogen-bond acceptors (Lipinski definition) is 6. The molecule has 64 heavy (non-hydrogen) atoms. The van der Waals surface area contributed by atoms with Crippen LogP contribution in [0.1, 0.15) is 58.1 Å². The summed E-state index contributed by atoms with van der Waals surface area (Å²) in [5.41, 5.74) is 5.12. The summed E-state index contributed by atoms with van der Waals surface area (Å²) in [5, 5.41) is 8.18. The molecule has 320 valence electrons. The molecule has 4 atom stereocenters. The van der Waals surface area contributed by atoms with Crippen LogP contribution < -0.4 is 20.1 Å². The molecule has 2 spiro atoms. The maximum atomic E-state index is 13.8. The lowest BCUT2D eigenvalue weighted by atomic mass is 9.58. The highest BCUT2D eigenvalue weighted by molar-refractivity contribution is 6.33. The predicted octanol–water partition coefficient (Wildman–Crippen LogP) is 12.1. The van der Waals surface area contributed by atoms with Gasteiger partial charge in [0.1, 0.15) is 22.3 Å². The molecule has 2 aliphatic heterocycles. The third kappa shape index (κ3) is 7.38. The van der Waals surface area contributed by atoms with Gasteiger partial charge in [0.15, 0.2) is 11.6 Å². The van der Waals surface area contributed by atoms with E-state index in [1.807, 2.05) is 103 Å². The normalized spacial score (nSPS) is 21.8. The van der Waals surface area contributed by atoms with E-state index < -0.39 is 22.7 Å². The van der Waals surface area contributed by atoms with Crippen LogP contribution in [0.2, 0.25) is 20.1 Å². The Morgan fingerprint density at radius 2 is 1.06 bits per heavy atom. The zero-order chi connectivity index (χ0) is 44.9. The molecule has 2 amide bonds. The molecular formula is C52H38Cl4N2O6. The molecule has 0 unspecified atom stereocenters. The molecular weight excluding hydrogens is 890 g/mol. The van der Waals surface area contributed by atoms with Gasteiger partial charge >= 0.3 is 0 Å². The smallest absolute Gasteiger partial charge is 0.240 e. The monoisotopic (exact) mass is 926 g/mol. The minimum atomic E-state index is -1.10. The van der Waals surface area contributed by atoms with E-state index in [9.17, 15) is 19.2 Å². The molecule has 0 saturated heterocycles. The fourth-order valence-corrected chi connectivity index (χ4v) is 10.5. The standard InChI is InChI=1S/2C26H19Cl2NO3/c1-32-20-8-5-15(6-9-20)22-13-19(30)14-23(16-3-2-4-17(27)11-16)26(22)21-10-7-18(28)12-24(21)29-25(26)31;1-32-19-8-5-15(6-9-19)20-14-26(21-10-7-18(28)12-23(21)29-25(26)31)22(13-24(20)30)16-3-2-4-17(27)11-16/h2-13,23H,14H2,1H3,(H,29,31);2-12,14,22H,13H2,1H3,(H,29,31)/t23-,26+;22-,26-/m00/s1. The summed E-state index contributed by atoms with van der Waals surface area (Å²) in [5.74, 6) is 0.120. The number of methoxy groups -OCH3 is 2. The number of Topliss-reactive ketones (excluding diaryl/α,β-unsaturated/α-hetero) is 1. The molecule has 0 saturated carbocycles. The van der Waals surface area contributed by atoms with Crippen molar-refractivity contribution in [3.8, 4) is 11.5 Å². The van der Waals surface area contributed by atoms with E-state index in [0.717, 1.165) is 33.4 Å². The van der Waals surface area contributed by atoms with E-state index in [1.54, 1.807) is 56.7 Å². The van der Waals surface area contributed by atoms with Crippen LogP contribution in [0, 0.1) is 0 Å². The van der Waals surface area contributed by atoms with Crippen LogP contribution >= 0.6 is 46.4 Å². The van der Waals surface area contributed by atoms with E-state index in [2.05, 4.69) is 10.6 Å². The van der Waals surface area contributed by atoms with E-state index in [-0.39, 0.29) is 36.2 Å². The Morgan fingerprint density at radius 3 is 1.64 bits per heavy atom. The third-order valence-electron chi connectivity index (χ3n) is 12.6. The van der Waals surface area contributed by atoms with Gasteiger partial charge in [-0.2, -0.15) is 0 Å². The van der Waals surface area contributed by atoms with E-state index >= 15 is 0 Å². The molecule has 2 aliphatic carbocycles. The molecule has 2 heterocycles. The fourth-order valence-electron chi connectivity index (χ4n) is 9.77. The summed E-state index contributed by atoms with van der Waals surface area (Å²) in [6.07, 6.45) is 3.79. The number of nitrogens with one attached hydrogen (secondary N) is 2. The molecule has 0 bridgehead atoms. The van der Waals surface area contributed by atoms with E-state index in [1.165, 1.54) is 0 Å². The van der Waals surface area contributed by atoms with Gasteiger partial charge in [0.25, 0.3) is 0 Å². The SMILES string of the molecule is COc1ccc(C2=CC(=O)C[C@@H](c3cccc(Cl)c3)[C@]23C(=O)Nc2cc(Cl)ccc23)cc1.COc1ccc(C2=C[C@@]3(C(=O)Nc4cc(Cl)ccc43)[C@H](c3cccc(Cl)c3)CC2=O)cc1. The minimum Gasteiger partial charge on any atom is -0.497 e.